The Labute approximate surface area is 147 Å². The van der Waals surface area contributed by atoms with Gasteiger partial charge in [-0.25, -0.2) is 0 Å². The molecule has 6 nitrogen and oxygen atoms in total. The normalized spacial score (nSPS) is 10.5. The quantitative estimate of drug-likeness (QED) is 0.702. The summed E-state index contributed by atoms with van der Waals surface area (Å²) in [4.78, 5) is 0. The molecule has 0 aliphatic heterocycles. The van der Waals surface area contributed by atoms with Crippen LogP contribution in [0.5, 0.6) is 11.5 Å². The summed E-state index contributed by atoms with van der Waals surface area (Å²) in [5, 5.41) is 11.7. The van der Waals surface area contributed by atoms with Crippen molar-refractivity contribution in [1.29, 1.82) is 0 Å². The van der Waals surface area contributed by atoms with Crippen LogP contribution in [-0.2, 0) is 0 Å². The highest BCUT2D eigenvalue weighted by molar-refractivity contribution is 5.57. The standard InChI is InChI=1S/C19H22N4O2/c1-4-24-17-10-6-15(7-11-17)20-19-22-21-14(3)23(19)16-8-12-18(13-9-16)25-5-2/h6-13H,4-5H2,1-3H3,(H,20,22). The summed E-state index contributed by atoms with van der Waals surface area (Å²) in [7, 11) is 0. The fourth-order valence-electron chi connectivity index (χ4n) is 2.54. The molecule has 0 saturated carbocycles. The number of hydrogen-bond donors (Lipinski definition) is 1. The predicted molar refractivity (Wildman–Crippen MR) is 98.2 cm³/mol. The van der Waals surface area contributed by atoms with Crippen LogP contribution in [0.1, 0.15) is 19.7 Å². The molecule has 6 heteroatoms. The minimum Gasteiger partial charge on any atom is -0.494 e. The average Bonchev–Trinajstić information content (AvgIpc) is 2.98. The third kappa shape index (κ3) is 3.91. The van der Waals surface area contributed by atoms with Gasteiger partial charge in [0, 0.05) is 5.69 Å². The molecule has 1 aromatic heterocycles. The second-order valence-electron chi connectivity index (χ2n) is 5.42. The fraction of sp³-hybridized carbons (Fsp3) is 0.263. The topological polar surface area (TPSA) is 61.2 Å². The first kappa shape index (κ1) is 16.8. The number of nitrogens with zero attached hydrogens (tertiary/aromatic N) is 3. The molecule has 3 aromatic rings. The molecule has 1 heterocycles. The van der Waals surface area contributed by atoms with Crippen molar-refractivity contribution in [3.8, 4) is 17.2 Å². The predicted octanol–water partition coefficient (Wildman–Crippen LogP) is 4.12. The van der Waals surface area contributed by atoms with Crippen molar-refractivity contribution in [2.24, 2.45) is 0 Å². The molecule has 0 atom stereocenters. The van der Waals surface area contributed by atoms with Gasteiger partial charge in [0.05, 0.1) is 18.9 Å². The van der Waals surface area contributed by atoms with Crippen LogP contribution in [0.15, 0.2) is 48.5 Å². The van der Waals surface area contributed by atoms with Crippen LogP contribution in [0.25, 0.3) is 5.69 Å². The van der Waals surface area contributed by atoms with Crippen LogP contribution >= 0.6 is 0 Å². The molecule has 0 aliphatic rings. The van der Waals surface area contributed by atoms with E-state index in [4.69, 9.17) is 9.47 Å². The highest BCUT2D eigenvalue weighted by Gasteiger charge is 2.11. The Morgan fingerprint density at radius 3 is 1.96 bits per heavy atom. The van der Waals surface area contributed by atoms with Crippen molar-refractivity contribution in [3.05, 3.63) is 54.4 Å². The van der Waals surface area contributed by atoms with Crippen LogP contribution in [0.2, 0.25) is 0 Å². The zero-order valence-electron chi connectivity index (χ0n) is 14.7. The highest BCUT2D eigenvalue weighted by atomic mass is 16.5. The van der Waals surface area contributed by atoms with Gasteiger partial charge in [0.15, 0.2) is 0 Å². The van der Waals surface area contributed by atoms with Gasteiger partial charge in [0.25, 0.3) is 0 Å². The molecule has 25 heavy (non-hydrogen) atoms. The monoisotopic (exact) mass is 338 g/mol. The van der Waals surface area contributed by atoms with E-state index < -0.39 is 0 Å². The van der Waals surface area contributed by atoms with Crippen molar-refractivity contribution >= 4 is 11.6 Å². The number of ether oxygens (including phenoxy) is 2. The third-order valence-electron chi connectivity index (χ3n) is 3.65. The molecule has 0 aliphatic carbocycles. The summed E-state index contributed by atoms with van der Waals surface area (Å²) in [5.41, 5.74) is 1.89. The first-order valence-corrected chi connectivity index (χ1v) is 8.36. The maximum atomic E-state index is 5.50. The van der Waals surface area contributed by atoms with E-state index in [1.54, 1.807) is 0 Å². The van der Waals surface area contributed by atoms with Crippen LogP contribution < -0.4 is 14.8 Å². The van der Waals surface area contributed by atoms with Gasteiger partial charge in [0.1, 0.15) is 17.3 Å². The van der Waals surface area contributed by atoms with Crippen LogP contribution in [0, 0.1) is 6.92 Å². The number of anilines is 2. The van der Waals surface area contributed by atoms with Gasteiger partial charge in [-0.05, 0) is 69.3 Å². The molecule has 3 rings (SSSR count). The minimum atomic E-state index is 0.648. The van der Waals surface area contributed by atoms with E-state index in [-0.39, 0.29) is 0 Å². The van der Waals surface area contributed by atoms with Gasteiger partial charge in [-0.3, -0.25) is 4.57 Å². The Balaban J connectivity index is 1.83. The van der Waals surface area contributed by atoms with E-state index >= 15 is 0 Å². The van der Waals surface area contributed by atoms with E-state index in [0.29, 0.717) is 19.2 Å². The largest absolute Gasteiger partial charge is 0.494 e. The average molecular weight is 338 g/mol. The van der Waals surface area contributed by atoms with Crippen molar-refractivity contribution < 1.29 is 9.47 Å². The lowest BCUT2D eigenvalue weighted by Gasteiger charge is -2.12. The molecule has 0 bridgehead atoms. The van der Waals surface area contributed by atoms with Crippen LogP contribution in [-0.4, -0.2) is 28.0 Å². The molecule has 1 N–H and O–H groups in total. The molecular weight excluding hydrogens is 316 g/mol. The maximum Gasteiger partial charge on any atom is 0.233 e. The summed E-state index contributed by atoms with van der Waals surface area (Å²) in [6.45, 7) is 7.16. The Morgan fingerprint density at radius 1 is 0.840 bits per heavy atom. The highest BCUT2D eigenvalue weighted by Crippen LogP contribution is 2.23. The van der Waals surface area contributed by atoms with E-state index in [2.05, 4.69) is 15.5 Å². The number of aromatic nitrogens is 3. The smallest absolute Gasteiger partial charge is 0.233 e. The van der Waals surface area contributed by atoms with E-state index in [9.17, 15) is 0 Å². The van der Waals surface area contributed by atoms with Gasteiger partial charge >= 0.3 is 0 Å². The first-order valence-electron chi connectivity index (χ1n) is 8.36. The number of rotatable bonds is 7. The molecule has 0 amide bonds. The molecular formula is C19H22N4O2. The van der Waals surface area contributed by atoms with Crippen LogP contribution in [0.3, 0.4) is 0 Å². The lowest BCUT2D eigenvalue weighted by Crippen LogP contribution is -2.03. The number of aryl methyl sites for hydroxylation is 1. The van der Waals surface area contributed by atoms with E-state index in [0.717, 1.165) is 28.7 Å². The lowest BCUT2D eigenvalue weighted by molar-refractivity contribution is 0.340. The number of benzene rings is 2. The van der Waals surface area contributed by atoms with Crippen molar-refractivity contribution in [2.45, 2.75) is 20.8 Å². The molecule has 0 unspecified atom stereocenters. The van der Waals surface area contributed by atoms with Gasteiger partial charge < -0.3 is 14.8 Å². The molecule has 0 saturated heterocycles. The van der Waals surface area contributed by atoms with Gasteiger partial charge in [0.2, 0.25) is 5.95 Å². The summed E-state index contributed by atoms with van der Waals surface area (Å²) in [5.74, 6) is 3.15. The molecule has 0 spiro atoms. The van der Waals surface area contributed by atoms with E-state index in [1.165, 1.54) is 0 Å². The summed E-state index contributed by atoms with van der Waals surface area (Å²) < 4.78 is 12.9. The maximum absolute atomic E-state index is 5.50. The van der Waals surface area contributed by atoms with Gasteiger partial charge in [-0.15, -0.1) is 10.2 Å². The lowest BCUT2D eigenvalue weighted by atomic mass is 10.3. The minimum absolute atomic E-state index is 0.648. The Morgan fingerprint density at radius 2 is 1.40 bits per heavy atom. The van der Waals surface area contributed by atoms with Gasteiger partial charge in [-0.1, -0.05) is 0 Å². The SMILES string of the molecule is CCOc1ccc(Nc2nnc(C)n2-c2ccc(OCC)cc2)cc1. The van der Waals surface area contributed by atoms with Crippen molar-refractivity contribution in [1.82, 2.24) is 14.8 Å². The summed E-state index contributed by atoms with van der Waals surface area (Å²) in [6, 6.07) is 15.6. The van der Waals surface area contributed by atoms with Crippen molar-refractivity contribution in [2.75, 3.05) is 18.5 Å². The third-order valence-corrected chi connectivity index (χ3v) is 3.65. The zero-order valence-corrected chi connectivity index (χ0v) is 14.7. The van der Waals surface area contributed by atoms with Gasteiger partial charge in [-0.2, -0.15) is 0 Å². The first-order chi connectivity index (χ1) is 12.2. The summed E-state index contributed by atoms with van der Waals surface area (Å²) >= 11 is 0. The van der Waals surface area contributed by atoms with E-state index in [1.807, 2.05) is 73.9 Å². The number of hydrogen-bond acceptors (Lipinski definition) is 5. The second kappa shape index (κ2) is 7.70. The Bertz CT molecular complexity index is 810. The summed E-state index contributed by atoms with van der Waals surface area (Å²) in [6.07, 6.45) is 0. The van der Waals surface area contributed by atoms with Crippen LogP contribution in [0.4, 0.5) is 11.6 Å². The molecule has 130 valence electrons. The van der Waals surface area contributed by atoms with Crippen molar-refractivity contribution in [3.63, 3.8) is 0 Å². The molecule has 2 aromatic carbocycles. The second-order valence-corrected chi connectivity index (χ2v) is 5.42. The molecule has 0 radical (unpaired) electrons. The zero-order chi connectivity index (χ0) is 17.6. The fourth-order valence-corrected chi connectivity index (χ4v) is 2.54. The number of nitrogens with one attached hydrogen (secondary N) is 1. The molecule has 0 fully saturated rings. The Hall–Kier alpha value is -3.02. The Kier molecular flexibility index (Phi) is 5.18.